The number of benzene rings is 1. The van der Waals surface area contributed by atoms with Gasteiger partial charge in [0, 0.05) is 11.3 Å². The average molecular weight is 386 g/mol. The van der Waals surface area contributed by atoms with Gasteiger partial charge in [-0.05, 0) is 43.4 Å². The SMILES string of the molecule is COC(=O)C1=C(C)NC(=S)N[C@@H]1c1ccc(-c2ccc(C(=O)OC)cc2)o1. The molecule has 2 aromatic rings. The van der Waals surface area contributed by atoms with E-state index in [2.05, 4.69) is 10.6 Å². The van der Waals surface area contributed by atoms with Gasteiger partial charge in [0.2, 0.25) is 0 Å². The molecule has 3 rings (SSSR count). The van der Waals surface area contributed by atoms with Crippen LogP contribution in [0, 0.1) is 0 Å². The molecule has 0 bridgehead atoms. The van der Waals surface area contributed by atoms with Crippen LogP contribution in [0.2, 0.25) is 0 Å². The van der Waals surface area contributed by atoms with Crippen molar-refractivity contribution in [2.45, 2.75) is 13.0 Å². The Morgan fingerprint density at radius 3 is 2.33 bits per heavy atom. The Bertz CT molecular complexity index is 930. The number of carbonyl (C=O) groups is 2. The van der Waals surface area contributed by atoms with E-state index in [1.165, 1.54) is 14.2 Å². The lowest BCUT2D eigenvalue weighted by Crippen LogP contribution is -2.44. The highest BCUT2D eigenvalue weighted by molar-refractivity contribution is 7.80. The van der Waals surface area contributed by atoms with Gasteiger partial charge in [0.1, 0.15) is 17.6 Å². The lowest BCUT2D eigenvalue weighted by molar-refractivity contribution is -0.136. The van der Waals surface area contributed by atoms with E-state index in [0.29, 0.717) is 33.5 Å². The molecule has 0 fully saturated rings. The Balaban J connectivity index is 1.92. The third-order valence-corrected chi connectivity index (χ3v) is 4.40. The van der Waals surface area contributed by atoms with Gasteiger partial charge in [-0.25, -0.2) is 9.59 Å². The molecule has 0 amide bonds. The van der Waals surface area contributed by atoms with Crippen molar-refractivity contribution < 1.29 is 23.5 Å². The van der Waals surface area contributed by atoms with E-state index in [1.807, 2.05) is 0 Å². The van der Waals surface area contributed by atoms with Crippen LogP contribution in [0.5, 0.6) is 0 Å². The van der Waals surface area contributed by atoms with E-state index in [0.717, 1.165) is 5.56 Å². The van der Waals surface area contributed by atoms with Crippen LogP contribution in [-0.2, 0) is 14.3 Å². The van der Waals surface area contributed by atoms with Gasteiger partial charge in [0.05, 0.1) is 25.4 Å². The minimum atomic E-state index is -0.561. The summed E-state index contributed by atoms with van der Waals surface area (Å²) in [5.74, 6) is 0.234. The summed E-state index contributed by atoms with van der Waals surface area (Å²) in [4.78, 5) is 23.7. The first kappa shape index (κ1) is 18.7. The fourth-order valence-corrected chi connectivity index (χ4v) is 3.11. The van der Waals surface area contributed by atoms with E-state index in [1.54, 1.807) is 43.3 Å². The second kappa shape index (κ2) is 7.63. The fourth-order valence-electron chi connectivity index (χ4n) is 2.84. The molecule has 1 aliphatic heterocycles. The van der Waals surface area contributed by atoms with Crippen LogP contribution < -0.4 is 10.6 Å². The molecular weight excluding hydrogens is 368 g/mol. The Labute approximate surface area is 161 Å². The highest BCUT2D eigenvalue weighted by atomic mass is 32.1. The Hall–Kier alpha value is -3.13. The van der Waals surface area contributed by atoms with Crippen LogP contribution in [0.3, 0.4) is 0 Å². The number of nitrogens with one attached hydrogen (secondary N) is 2. The molecular formula is C19H18N2O5S. The molecule has 2 heterocycles. The normalized spacial score (nSPS) is 16.4. The number of rotatable bonds is 4. The maximum Gasteiger partial charge on any atom is 0.338 e. The van der Waals surface area contributed by atoms with E-state index in [-0.39, 0.29) is 0 Å². The average Bonchev–Trinajstić information content (AvgIpc) is 3.16. The van der Waals surface area contributed by atoms with Gasteiger partial charge in [-0.15, -0.1) is 0 Å². The van der Waals surface area contributed by atoms with Crippen molar-refractivity contribution in [1.82, 2.24) is 10.6 Å². The zero-order chi connectivity index (χ0) is 19.6. The zero-order valence-electron chi connectivity index (χ0n) is 15.0. The van der Waals surface area contributed by atoms with Crippen molar-refractivity contribution in [2.75, 3.05) is 14.2 Å². The second-order valence-electron chi connectivity index (χ2n) is 5.83. The van der Waals surface area contributed by atoms with Crippen LogP contribution in [-0.4, -0.2) is 31.3 Å². The smallest absolute Gasteiger partial charge is 0.338 e. The molecule has 1 aromatic carbocycles. The number of esters is 2. The van der Waals surface area contributed by atoms with E-state index >= 15 is 0 Å². The molecule has 1 aliphatic rings. The molecule has 0 unspecified atom stereocenters. The summed E-state index contributed by atoms with van der Waals surface area (Å²) >= 11 is 5.19. The Morgan fingerprint density at radius 1 is 1.04 bits per heavy atom. The topological polar surface area (TPSA) is 89.8 Å². The molecule has 0 saturated heterocycles. The molecule has 27 heavy (non-hydrogen) atoms. The van der Waals surface area contributed by atoms with Gasteiger partial charge in [-0.2, -0.15) is 0 Å². The third kappa shape index (κ3) is 3.70. The third-order valence-electron chi connectivity index (χ3n) is 4.18. The van der Waals surface area contributed by atoms with Gasteiger partial charge in [0.15, 0.2) is 5.11 Å². The molecule has 2 N–H and O–H groups in total. The second-order valence-corrected chi connectivity index (χ2v) is 6.24. The van der Waals surface area contributed by atoms with Crippen LogP contribution in [0.25, 0.3) is 11.3 Å². The lowest BCUT2D eigenvalue weighted by atomic mass is 10.0. The number of hydrogen-bond donors (Lipinski definition) is 2. The molecule has 0 spiro atoms. The number of ether oxygens (including phenoxy) is 2. The van der Waals surface area contributed by atoms with Gasteiger partial charge < -0.3 is 24.5 Å². The predicted octanol–water partition coefficient (Wildman–Crippen LogP) is 2.70. The number of allylic oxidation sites excluding steroid dienone is 1. The van der Waals surface area contributed by atoms with E-state index in [9.17, 15) is 9.59 Å². The predicted molar refractivity (Wildman–Crippen MR) is 102 cm³/mol. The van der Waals surface area contributed by atoms with Crippen molar-refractivity contribution in [1.29, 1.82) is 0 Å². The molecule has 1 aromatic heterocycles. The molecule has 0 saturated carbocycles. The molecule has 140 valence electrons. The highest BCUT2D eigenvalue weighted by Crippen LogP contribution is 2.32. The van der Waals surface area contributed by atoms with Crippen molar-refractivity contribution in [3.8, 4) is 11.3 Å². The minimum Gasteiger partial charge on any atom is -0.466 e. The maximum absolute atomic E-state index is 12.2. The Morgan fingerprint density at radius 2 is 1.70 bits per heavy atom. The number of hydrogen-bond acceptors (Lipinski definition) is 6. The summed E-state index contributed by atoms with van der Waals surface area (Å²) in [6, 6.07) is 9.84. The molecule has 0 aliphatic carbocycles. The molecule has 1 atom stereocenters. The van der Waals surface area contributed by atoms with E-state index in [4.69, 9.17) is 26.1 Å². The number of carbonyl (C=O) groups excluding carboxylic acids is 2. The fraction of sp³-hybridized carbons (Fsp3) is 0.211. The molecule has 8 heteroatoms. The van der Waals surface area contributed by atoms with Gasteiger partial charge in [-0.1, -0.05) is 12.1 Å². The first-order valence-corrected chi connectivity index (χ1v) is 8.50. The largest absolute Gasteiger partial charge is 0.466 e. The monoisotopic (exact) mass is 386 g/mol. The van der Waals surface area contributed by atoms with Crippen molar-refractivity contribution in [3.05, 3.63) is 59.0 Å². The van der Waals surface area contributed by atoms with Crippen molar-refractivity contribution >= 4 is 29.3 Å². The molecule has 7 nitrogen and oxygen atoms in total. The summed E-state index contributed by atoms with van der Waals surface area (Å²) < 4.78 is 15.5. The van der Waals surface area contributed by atoms with Crippen LogP contribution in [0.15, 0.2) is 52.1 Å². The number of methoxy groups -OCH3 is 2. The van der Waals surface area contributed by atoms with E-state index < -0.39 is 18.0 Å². The summed E-state index contributed by atoms with van der Waals surface area (Å²) in [7, 11) is 2.66. The van der Waals surface area contributed by atoms with Gasteiger partial charge >= 0.3 is 11.9 Å². The zero-order valence-corrected chi connectivity index (χ0v) is 15.8. The summed E-state index contributed by atoms with van der Waals surface area (Å²) in [5, 5.41) is 6.34. The van der Waals surface area contributed by atoms with Crippen molar-refractivity contribution in [2.24, 2.45) is 0 Å². The van der Waals surface area contributed by atoms with Crippen LogP contribution in [0.1, 0.15) is 29.1 Å². The van der Waals surface area contributed by atoms with Crippen LogP contribution in [0.4, 0.5) is 0 Å². The van der Waals surface area contributed by atoms with Gasteiger partial charge in [-0.3, -0.25) is 0 Å². The Kier molecular flexibility index (Phi) is 5.27. The van der Waals surface area contributed by atoms with Crippen LogP contribution >= 0.6 is 12.2 Å². The molecule has 0 radical (unpaired) electrons. The quantitative estimate of drug-likeness (QED) is 0.612. The standard InChI is InChI=1S/C19H18N2O5S/c1-10-15(18(23)25-3)16(21-19(27)20-10)14-9-8-13(26-14)11-4-6-12(7-5-11)17(22)24-2/h4-9,16H,1-3H3,(H2,20,21,27)/t16-/m1/s1. The number of thiocarbonyl (C=S) groups is 1. The first-order chi connectivity index (χ1) is 12.9. The summed E-state index contributed by atoms with van der Waals surface area (Å²) in [6.45, 7) is 1.75. The lowest BCUT2D eigenvalue weighted by Gasteiger charge is -2.27. The van der Waals surface area contributed by atoms with Crippen molar-refractivity contribution in [3.63, 3.8) is 0 Å². The summed E-state index contributed by atoms with van der Waals surface area (Å²) in [6.07, 6.45) is 0. The maximum atomic E-state index is 12.2. The number of furan rings is 1. The summed E-state index contributed by atoms with van der Waals surface area (Å²) in [5.41, 5.74) is 2.24. The first-order valence-electron chi connectivity index (χ1n) is 8.09. The van der Waals surface area contributed by atoms with Gasteiger partial charge in [0.25, 0.3) is 0 Å². The minimum absolute atomic E-state index is 0.394. The highest BCUT2D eigenvalue weighted by Gasteiger charge is 2.32.